The molecule has 0 bridgehead atoms. The topological polar surface area (TPSA) is 77.8 Å². The minimum Gasteiger partial charge on any atom is -0.496 e. The Hall–Kier alpha value is -3.58. The van der Waals surface area contributed by atoms with Crippen LogP contribution in [0.2, 0.25) is 0 Å². The first-order valence-electron chi connectivity index (χ1n) is 10.7. The van der Waals surface area contributed by atoms with Crippen LogP contribution in [-0.2, 0) is 4.79 Å². The van der Waals surface area contributed by atoms with Gasteiger partial charge in [-0.25, -0.2) is 0 Å². The monoisotopic (exact) mass is 521 g/mol. The smallest absolute Gasteiger partial charge is 0.265 e. The summed E-state index contributed by atoms with van der Waals surface area (Å²) in [7, 11) is 1.55. The van der Waals surface area contributed by atoms with Crippen molar-refractivity contribution in [3.63, 3.8) is 0 Å². The van der Waals surface area contributed by atoms with Crippen LogP contribution in [0.15, 0.2) is 69.6 Å². The maximum Gasteiger partial charge on any atom is 0.265 e. The second-order valence-corrected chi connectivity index (χ2v) is 8.78. The third-order valence-electron chi connectivity index (χ3n) is 5.69. The Labute approximate surface area is 206 Å². The predicted molar refractivity (Wildman–Crippen MR) is 135 cm³/mol. The van der Waals surface area contributed by atoms with E-state index in [0.29, 0.717) is 38.2 Å². The van der Waals surface area contributed by atoms with Gasteiger partial charge in [-0.15, -0.1) is 0 Å². The van der Waals surface area contributed by atoms with E-state index in [-0.39, 0.29) is 11.5 Å². The molecular formula is C27H24BrNO5. The van der Waals surface area contributed by atoms with Gasteiger partial charge in [0.1, 0.15) is 17.1 Å². The molecule has 0 aliphatic carbocycles. The number of rotatable bonds is 7. The largest absolute Gasteiger partial charge is 0.496 e. The van der Waals surface area contributed by atoms with Crippen LogP contribution in [0.5, 0.6) is 11.5 Å². The Morgan fingerprint density at radius 1 is 1.00 bits per heavy atom. The van der Waals surface area contributed by atoms with Gasteiger partial charge in [-0.1, -0.05) is 24.3 Å². The van der Waals surface area contributed by atoms with Gasteiger partial charge in [-0.2, -0.15) is 0 Å². The number of hydrogen-bond acceptors (Lipinski definition) is 5. The Bertz CT molecular complexity index is 1390. The molecule has 7 heteroatoms. The molecule has 0 saturated carbocycles. The lowest BCUT2D eigenvalue weighted by atomic mass is 10.1. The molecule has 1 heterocycles. The summed E-state index contributed by atoms with van der Waals surface area (Å²) in [5, 5.41) is 3.49. The van der Waals surface area contributed by atoms with Crippen LogP contribution >= 0.6 is 15.9 Å². The van der Waals surface area contributed by atoms with Crippen LogP contribution in [0.4, 0.5) is 5.69 Å². The summed E-state index contributed by atoms with van der Waals surface area (Å²) in [4.78, 5) is 26.5. The number of benzene rings is 3. The van der Waals surface area contributed by atoms with E-state index in [1.165, 1.54) is 0 Å². The minimum atomic E-state index is -0.799. The lowest BCUT2D eigenvalue weighted by Gasteiger charge is -2.17. The number of methoxy groups -OCH3 is 1. The summed E-state index contributed by atoms with van der Waals surface area (Å²) >= 11 is 3.41. The molecule has 0 radical (unpaired) electrons. The highest BCUT2D eigenvalue weighted by Gasteiger charge is 2.26. The maximum atomic E-state index is 13.4. The number of aryl methyl sites for hydroxylation is 1. The van der Waals surface area contributed by atoms with Crippen molar-refractivity contribution in [1.29, 1.82) is 0 Å². The summed E-state index contributed by atoms with van der Waals surface area (Å²) in [6.07, 6.45) is -0.799. The van der Waals surface area contributed by atoms with E-state index in [2.05, 4.69) is 21.2 Å². The van der Waals surface area contributed by atoms with Crippen molar-refractivity contribution >= 4 is 44.3 Å². The number of ether oxygens (including phenoxy) is 2. The average Bonchev–Trinajstić information content (AvgIpc) is 3.19. The number of para-hydroxylation sites is 1. The SMILES string of the molecule is COc1ccc(C(=O)c2oc3ccccc3c2NC(=O)C(C)Oc2cccc(C)c2C)cc1Br. The molecule has 3 aromatic carbocycles. The van der Waals surface area contributed by atoms with Crippen molar-refractivity contribution < 1.29 is 23.5 Å². The van der Waals surface area contributed by atoms with Crippen LogP contribution in [-0.4, -0.2) is 24.9 Å². The molecule has 0 saturated heterocycles. The van der Waals surface area contributed by atoms with Gasteiger partial charge in [0.05, 0.1) is 17.3 Å². The lowest BCUT2D eigenvalue weighted by Crippen LogP contribution is -2.30. The third kappa shape index (κ3) is 4.56. The van der Waals surface area contributed by atoms with Crippen LogP contribution in [0.25, 0.3) is 11.0 Å². The highest BCUT2D eigenvalue weighted by Crippen LogP contribution is 2.34. The van der Waals surface area contributed by atoms with Crippen molar-refractivity contribution in [2.45, 2.75) is 26.9 Å². The number of halogens is 1. The van der Waals surface area contributed by atoms with Gasteiger partial charge in [0.25, 0.3) is 5.91 Å². The highest BCUT2D eigenvalue weighted by molar-refractivity contribution is 9.10. The highest BCUT2D eigenvalue weighted by atomic mass is 79.9. The van der Waals surface area contributed by atoms with Crippen molar-refractivity contribution in [3.8, 4) is 11.5 Å². The second-order valence-electron chi connectivity index (χ2n) is 7.93. The van der Waals surface area contributed by atoms with E-state index >= 15 is 0 Å². The van der Waals surface area contributed by atoms with Crippen molar-refractivity contribution in [2.24, 2.45) is 0 Å². The van der Waals surface area contributed by atoms with Gasteiger partial charge >= 0.3 is 0 Å². The zero-order valence-electron chi connectivity index (χ0n) is 19.3. The van der Waals surface area contributed by atoms with E-state index in [0.717, 1.165) is 11.1 Å². The molecule has 1 unspecified atom stereocenters. The van der Waals surface area contributed by atoms with E-state index in [9.17, 15) is 9.59 Å². The first kappa shape index (κ1) is 23.6. The number of nitrogens with one attached hydrogen (secondary N) is 1. The Morgan fingerprint density at radius 2 is 1.76 bits per heavy atom. The molecule has 0 aliphatic rings. The molecule has 0 aliphatic heterocycles. The van der Waals surface area contributed by atoms with Gasteiger partial charge in [-0.3, -0.25) is 9.59 Å². The van der Waals surface area contributed by atoms with Crippen molar-refractivity contribution in [3.05, 3.63) is 87.6 Å². The molecular weight excluding hydrogens is 498 g/mol. The van der Waals surface area contributed by atoms with Gasteiger partial charge in [-0.05, 0) is 84.2 Å². The molecule has 6 nitrogen and oxygen atoms in total. The third-order valence-corrected chi connectivity index (χ3v) is 6.31. The van der Waals surface area contributed by atoms with E-state index in [1.807, 2.05) is 44.2 Å². The van der Waals surface area contributed by atoms with E-state index < -0.39 is 12.0 Å². The maximum absolute atomic E-state index is 13.4. The molecule has 1 aromatic heterocycles. The van der Waals surface area contributed by atoms with E-state index in [4.69, 9.17) is 13.9 Å². The second kappa shape index (κ2) is 9.73. The molecule has 1 N–H and O–H groups in total. The van der Waals surface area contributed by atoms with Crippen LogP contribution < -0.4 is 14.8 Å². The summed E-state index contributed by atoms with van der Waals surface area (Å²) in [6, 6.07) is 17.9. The number of carbonyl (C=O) groups excluding carboxylic acids is 2. The number of hydrogen-bond donors (Lipinski definition) is 1. The van der Waals surface area contributed by atoms with Gasteiger partial charge < -0.3 is 19.2 Å². The fourth-order valence-electron chi connectivity index (χ4n) is 3.59. The van der Waals surface area contributed by atoms with Gasteiger partial charge in [0.15, 0.2) is 11.9 Å². The Balaban J connectivity index is 1.66. The van der Waals surface area contributed by atoms with E-state index in [1.54, 1.807) is 44.4 Å². The number of furan rings is 1. The molecule has 0 fully saturated rings. The Morgan fingerprint density at radius 3 is 2.50 bits per heavy atom. The van der Waals surface area contributed by atoms with Gasteiger partial charge in [0, 0.05) is 10.9 Å². The molecule has 4 aromatic rings. The molecule has 4 rings (SSSR count). The molecule has 1 amide bonds. The fourth-order valence-corrected chi connectivity index (χ4v) is 4.13. The van der Waals surface area contributed by atoms with Gasteiger partial charge in [0.2, 0.25) is 5.78 Å². The molecule has 34 heavy (non-hydrogen) atoms. The molecule has 0 spiro atoms. The number of ketones is 1. The van der Waals surface area contributed by atoms with Crippen LogP contribution in [0.1, 0.15) is 34.2 Å². The number of amides is 1. The number of fused-ring (bicyclic) bond motifs is 1. The quantitative estimate of drug-likeness (QED) is 0.282. The van der Waals surface area contributed by atoms with Crippen LogP contribution in [0.3, 0.4) is 0 Å². The number of carbonyl (C=O) groups is 2. The zero-order valence-corrected chi connectivity index (χ0v) is 20.9. The molecule has 1 atom stereocenters. The first-order valence-corrected chi connectivity index (χ1v) is 11.5. The number of anilines is 1. The Kier molecular flexibility index (Phi) is 6.75. The van der Waals surface area contributed by atoms with Crippen molar-refractivity contribution in [1.82, 2.24) is 0 Å². The first-order chi connectivity index (χ1) is 16.3. The summed E-state index contributed by atoms with van der Waals surface area (Å²) < 4.78 is 17.7. The minimum absolute atomic E-state index is 0.0468. The predicted octanol–water partition coefficient (Wildman–Crippen LogP) is 6.46. The summed E-state index contributed by atoms with van der Waals surface area (Å²) in [5.74, 6) is 0.534. The molecule has 174 valence electrons. The lowest BCUT2D eigenvalue weighted by molar-refractivity contribution is -0.122. The average molecular weight is 522 g/mol. The summed E-state index contributed by atoms with van der Waals surface area (Å²) in [5.41, 5.74) is 3.24. The van der Waals surface area contributed by atoms with Crippen LogP contribution in [0, 0.1) is 13.8 Å². The standard InChI is InChI=1S/C27H24BrNO5/c1-15-8-7-11-21(16(15)2)33-17(3)27(31)29-24-19-9-5-6-10-22(19)34-26(24)25(30)18-12-13-23(32-4)20(28)14-18/h5-14,17H,1-4H3,(H,29,31). The fraction of sp³-hybridized carbons (Fsp3) is 0.185. The normalized spacial score (nSPS) is 11.8. The zero-order chi connectivity index (χ0) is 24.4. The van der Waals surface area contributed by atoms with Crippen molar-refractivity contribution in [2.75, 3.05) is 12.4 Å². The summed E-state index contributed by atoms with van der Waals surface area (Å²) in [6.45, 7) is 5.60.